The topological polar surface area (TPSA) is 17.1 Å². The van der Waals surface area contributed by atoms with Crippen molar-refractivity contribution in [1.82, 2.24) is 0 Å². The molecule has 0 aliphatic heterocycles. The van der Waals surface area contributed by atoms with E-state index in [1.807, 2.05) is 6.92 Å². The largest absolute Gasteiger partial charge is 0.294 e. The predicted molar refractivity (Wildman–Crippen MR) is 44.1 cm³/mol. The maximum atomic E-state index is 11.5. The zero-order valence-corrected chi connectivity index (χ0v) is 6.71. The highest BCUT2D eigenvalue weighted by molar-refractivity contribution is 5.98. The lowest BCUT2D eigenvalue weighted by molar-refractivity contribution is -0.120. The molecular weight excluding hydrogens is 136 g/mol. The van der Waals surface area contributed by atoms with Gasteiger partial charge in [-0.25, -0.2) is 0 Å². The van der Waals surface area contributed by atoms with Gasteiger partial charge >= 0.3 is 0 Å². The van der Waals surface area contributed by atoms with Crippen molar-refractivity contribution < 1.29 is 4.79 Å². The van der Waals surface area contributed by atoms with E-state index in [0.29, 0.717) is 17.6 Å². The quantitative estimate of drug-likeness (QED) is 0.481. The SMILES string of the molecule is CC1=CC[C@@H]2C=CC[C@@H]2C1=O. The standard InChI is InChI=1S/C10H12O/c1-7-5-6-8-3-2-4-9(8)10(7)11/h2-3,5,8-9H,4,6H2,1H3/t8-,9-/m0/s1. The maximum absolute atomic E-state index is 11.5. The molecule has 2 rings (SSSR count). The van der Waals surface area contributed by atoms with Crippen LogP contribution in [0.4, 0.5) is 0 Å². The zero-order chi connectivity index (χ0) is 7.84. The first-order valence-corrected chi connectivity index (χ1v) is 4.16. The molecule has 1 nitrogen and oxygen atoms in total. The minimum atomic E-state index is 0.292. The van der Waals surface area contributed by atoms with Crippen molar-refractivity contribution >= 4 is 5.78 Å². The molecule has 0 saturated carbocycles. The number of carbonyl (C=O) groups excluding carboxylic acids is 1. The Hall–Kier alpha value is -0.850. The van der Waals surface area contributed by atoms with Gasteiger partial charge in [-0.2, -0.15) is 0 Å². The first kappa shape index (κ1) is 6.84. The number of ketones is 1. The Bertz CT molecular complexity index is 248. The van der Waals surface area contributed by atoms with Gasteiger partial charge in [0, 0.05) is 5.92 Å². The van der Waals surface area contributed by atoms with Crippen LogP contribution in [-0.2, 0) is 4.79 Å². The molecule has 0 bridgehead atoms. The van der Waals surface area contributed by atoms with Crippen molar-refractivity contribution in [2.24, 2.45) is 11.8 Å². The van der Waals surface area contributed by atoms with E-state index in [-0.39, 0.29) is 0 Å². The van der Waals surface area contributed by atoms with Gasteiger partial charge in [0.2, 0.25) is 0 Å². The number of rotatable bonds is 0. The van der Waals surface area contributed by atoms with Crippen molar-refractivity contribution in [2.75, 3.05) is 0 Å². The maximum Gasteiger partial charge on any atom is 0.162 e. The van der Waals surface area contributed by atoms with Crippen LogP contribution in [0.25, 0.3) is 0 Å². The summed E-state index contributed by atoms with van der Waals surface area (Å²) in [6.45, 7) is 1.93. The fraction of sp³-hybridized carbons (Fsp3) is 0.500. The molecule has 0 aromatic carbocycles. The highest BCUT2D eigenvalue weighted by atomic mass is 16.1. The third-order valence-corrected chi connectivity index (χ3v) is 2.71. The van der Waals surface area contributed by atoms with Crippen LogP contribution in [-0.4, -0.2) is 5.78 Å². The fourth-order valence-electron chi connectivity index (χ4n) is 1.96. The Balaban J connectivity index is 2.28. The number of hydrogen-bond acceptors (Lipinski definition) is 1. The summed E-state index contributed by atoms with van der Waals surface area (Å²) in [6.07, 6.45) is 8.43. The molecule has 0 saturated heterocycles. The van der Waals surface area contributed by atoms with E-state index in [2.05, 4.69) is 18.2 Å². The van der Waals surface area contributed by atoms with E-state index in [0.717, 1.165) is 18.4 Å². The molecule has 0 N–H and O–H groups in total. The van der Waals surface area contributed by atoms with Crippen LogP contribution in [0, 0.1) is 11.8 Å². The lowest BCUT2D eigenvalue weighted by Crippen LogP contribution is -2.23. The molecule has 11 heavy (non-hydrogen) atoms. The summed E-state index contributed by atoms with van der Waals surface area (Å²) < 4.78 is 0. The minimum Gasteiger partial charge on any atom is -0.294 e. The molecule has 0 radical (unpaired) electrons. The second-order valence-electron chi connectivity index (χ2n) is 3.42. The van der Waals surface area contributed by atoms with Gasteiger partial charge in [-0.3, -0.25) is 4.79 Å². The van der Waals surface area contributed by atoms with Crippen molar-refractivity contribution in [3.05, 3.63) is 23.8 Å². The van der Waals surface area contributed by atoms with Crippen LogP contribution in [0.1, 0.15) is 19.8 Å². The second kappa shape index (κ2) is 2.33. The monoisotopic (exact) mass is 148 g/mol. The predicted octanol–water partition coefficient (Wildman–Crippen LogP) is 2.10. The second-order valence-corrected chi connectivity index (χ2v) is 3.42. The van der Waals surface area contributed by atoms with Crippen molar-refractivity contribution in [2.45, 2.75) is 19.8 Å². The molecule has 58 valence electrons. The van der Waals surface area contributed by atoms with Crippen LogP contribution >= 0.6 is 0 Å². The molecule has 0 fully saturated rings. The summed E-state index contributed by atoms with van der Waals surface area (Å²) >= 11 is 0. The lowest BCUT2D eigenvalue weighted by Gasteiger charge is -2.21. The van der Waals surface area contributed by atoms with Gasteiger partial charge < -0.3 is 0 Å². The lowest BCUT2D eigenvalue weighted by atomic mass is 9.81. The smallest absolute Gasteiger partial charge is 0.162 e. The molecular formula is C10H12O. The number of carbonyl (C=O) groups is 1. The van der Waals surface area contributed by atoms with Gasteiger partial charge in [-0.1, -0.05) is 18.2 Å². The average molecular weight is 148 g/mol. The molecule has 0 spiro atoms. The van der Waals surface area contributed by atoms with Gasteiger partial charge in [0.05, 0.1) is 0 Å². The first-order valence-electron chi connectivity index (χ1n) is 4.16. The molecule has 0 heterocycles. The van der Waals surface area contributed by atoms with Crippen LogP contribution in [0.5, 0.6) is 0 Å². The van der Waals surface area contributed by atoms with E-state index >= 15 is 0 Å². The van der Waals surface area contributed by atoms with Gasteiger partial charge in [0.15, 0.2) is 5.78 Å². The molecule has 0 unspecified atom stereocenters. The van der Waals surface area contributed by atoms with Crippen molar-refractivity contribution in [3.63, 3.8) is 0 Å². The van der Waals surface area contributed by atoms with E-state index in [1.165, 1.54) is 0 Å². The Kier molecular flexibility index (Phi) is 1.45. The van der Waals surface area contributed by atoms with Crippen molar-refractivity contribution in [1.29, 1.82) is 0 Å². The van der Waals surface area contributed by atoms with Crippen LogP contribution in [0.15, 0.2) is 23.8 Å². The van der Waals surface area contributed by atoms with Crippen LogP contribution in [0.3, 0.4) is 0 Å². The number of hydrogen-bond donors (Lipinski definition) is 0. The minimum absolute atomic E-state index is 0.292. The van der Waals surface area contributed by atoms with Gasteiger partial charge in [-0.15, -0.1) is 0 Å². The highest BCUT2D eigenvalue weighted by Crippen LogP contribution is 2.34. The van der Waals surface area contributed by atoms with Crippen LogP contribution < -0.4 is 0 Å². The van der Waals surface area contributed by atoms with E-state index in [4.69, 9.17) is 0 Å². The summed E-state index contributed by atoms with van der Waals surface area (Å²) in [7, 11) is 0. The average Bonchev–Trinajstić information content (AvgIpc) is 2.45. The zero-order valence-electron chi connectivity index (χ0n) is 6.71. The van der Waals surface area contributed by atoms with Gasteiger partial charge in [0.1, 0.15) is 0 Å². The first-order chi connectivity index (χ1) is 5.29. The van der Waals surface area contributed by atoms with E-state index in [1.54, 1.807) is 0 Å². The third-order valence-electron chi connectivity index (χ3n) is 2.71. The third kappa shape index (κ3) is 0.953. The summed E-state index contributed by atoms with van der Waals surface area (Å²) in [5, 5.41) is 0. The molecule has 1 heteroatoms. The number of fused-ring (bicyclic) bond motifs is 1. The molecule has 0 aromatic rings. The van der Waals surface area contributed by atoms with E-state index < -0.39 is 0 Å². The van der Waals surface area contributed by atoms with E-state index in [9.17, 15) is 4.79 Å². The summed E-state index contributed by atoms with van der Waals surface area (Å²) in [5.74, 6) is 1.18. The Labute approximate surface area is 66.8 Å². The Morgan fingerprint density at radius 3 is 3.09 bits per heavy atom. The number of allylic oxidation sites excluding steroid dienone is 4. The summed E-state index contributed by atoms with van der Waals surface area (Å²) in [4.78, 5) is 11.5. The number of Topliss-reactive ketones (excluding diaryl/α,β-unsaturated/α-hetero) is 1. The molecule has 2 atom stereocenters. The fourth-order valence-corrected chi connectivity index (χ4v) is 1.96. The van der Waals surface area contributed by atoms with Gasteiger partial charge in [0.25, 0.3) is 0 Å². The molecule has 2 aliphatic carbocycles. The Morgan fingerprint density at radius 1 is 1.45 bits per heavy atom. The normalized spacial score (nSPS) is 35.4. The van der Waals surface area contributed by atoms with Crippen LogP contribution in [0.2, 0.25) is 0 Å². The highest BCUT2D eigenvalue weighted by Gasteiger charge is 2.31. The molecule has 2 aliphatic rings. The van der Waals surface area contributed by atoms with Crippen molar-refractivity contribution in [3.8, 4) is 0 Å². The molecule has 0 aromatic heterocycles. The summed E-state index contributed by atoms with van der Waals surface area (Å²) in [6, 6.07) is 0. The van der Waals surface area contributed by atoms with Gasteiger partial charge in [-0.05, 0) is 31.3 Å². The molecule has 0 amide bonds. The Morgan fingerprint density at radius 2 is 2.27 bits per heavy atom. The summed E-state index contributed by atoms with van der Waals surface area (Å²) in [5.41, 5.74) is 0.968.